The van der Waals surface area contributed by atoms with Crippen LogP contribution in [0.5, 0.6) is 0 Å². The predicted octanol–water partition coefficient (Wildman–Crippen LogP) is 2.25. The zero-order valence-electron chi connectivity index (χ0n) is 10.1. The van der Waals surface area contributed by atoms with Gasteiger partial charge in [0, 0.05) is 6.42 Å². The topological polar surface area (TPSA) is 119 Å². The summed E-state index contributed by atoms with van der Waals surface area (Å²) >= 11 is 2.30. The van der Waals surface area contributed by atoms with Gasteiger partial charge in [-0.05, 0) is 29.4 Å². The highest BCUT2D eigenvalue weighted by Crippen LogP contribution is 2.30. The van der Waals surface area contributed by atoms with Crippen LogP contribution in [0.15, 0.2) is 21.6 Å². The Balaban J connectivity index is 2.31. The van der Waals surface area contributed by atoms with Gasteiger partial charge < -0.3 is 5.11 Å². The van der Waals surface area contributed by atoms with Crippen molar-refractivity contribution in [3.05, 3.63) is 33.8 Å². The number of aryl methyl sites for hydroxylation is 1. The Kier molecular flexibility index (Phi) is 4.25. The molecule has 0 saturated heterocycles. The molecule has 0 aliphatic rings. The summed E-state index contributed by atoms with van der Waals surface area (Å²) in [5, 5.41) is 20.0. The number of rotatable bonds is 5. The first-order valence-corrected chi connectivity index (χ1v) is 6.98. The van der Waals surface area contributed by atoms with Gasteiger partial charge in [0.1, 0.15) is 22.6 Å². The monoisotopic (exact) mass is 312 g/mol. The Morgan fingerprint density at radius 3 is 2.90 bits per heavy atom. The molecule has 0 spiro atoms. The number of nitrogens with zero attached hydrogens (tertiary/aromatic N) is 4. The van der Waals surface area contributed by atoms with E-state index in [0.717, 1.165) is 24.0 Å². The number of hydrogen-bond donors (Lipinski definition) is 1. The zero-order valence-corrected chi connectivity index (χ0v) is 11.8. The maximum absolute atomic E-state index is 11.0. The molecule has 0 saturated carbocycles. The number of carboxylic acid groups (broad SMARTS) is 1. The van der Waals surface area contributed by atoms with Gasteiger partial charge in [-0.25, -0.2) is 14.8 Å². The Bertz CT molecular complexity index is 673. The van der Waals surface area contributed by atoms with Crippen molar-refractivity contribution in [1.29, 1.82) is 0 Å². The van der Waals surface area contributed by atoms with Gasteiger partial charge in [0.25, 0.3) is 0 Å². The molecule has 20 heavy (non-hydrogen) atoms. The molecule has 1 N–H and O–H groups in total. The summed E-state index contributed by atoms with van der Waals surface area (Å²) in [7, 11) is 0. The summed E-state index contributed by atoms with van der Waals surface area (Å²) in [4.78, 5) is 29.0. The van der Waals surface area contributed by atoms with Gasteiger partial charge >= 0.3 is 11.7 Å². The fraction of sp³-hybridized carbons (Fsp3) is 0.200. The van der Waals surface area contributed by atoms with E-state index in [4.69, 9.17) is 5.11 Å². The molecule has 0 bridgehead atoms. The molecule has 0 unspecified atom stereocenters. The maximum atomic E-state index is 11.0. The molecule has 10 heteroatoms. The van der Waals surface area contributed by atoms with Crippen LogP contribution in [-0.2, 0) is 6.42 Å². The highest BCUT2D eigenvalue weighted by Gasteiger charge is 2.21. The first kappa shape index (κ1) is 14.3. The minimum Gasteiger partial charge on any atom is -0.477 e. The lowest BCUT2D eigenvalue weighted by Gasteiger charge is -2.00. The summed E-state index contributed by atoms with van der Waals surface area (Å²) < 4.78 is 4.70. The van der Waals surface area contributed by atoms with Crippen molar-refractivity contribution < 1.29 is 14.8 Å². The van der Waals surface area contributed by atoms with Gasteiger partial charge in [-0.15, -0.1) is 0 Å². The van der Waals surface area contributed by atoms with Crippen LogP contribution < -0.4 is 0 Å². The standard InChI is InChI=1S/C10H8N4O4S2/c1-2-7-12-10(20-13-7)19-8-3-5(9(15)16)6(4-11-8)14(17)18/h3-4H,2H2,1H3,(H,15,16). The molecule has 0 radical (unpaired) electrons. The Morgan fingerprint density at radius 1 is 1.60 bits per heavy atom. The van der Waals surface area contributed by atoms with Crippen LogP contribution in [0.3, 0.4) is 0 Å². The molecule has 0 aliphatic carbocycles. The molecule has 8 nitrogen and oxygen atoms in total. The lowest BCUT2D eigenvalue weighted by atomic mass is 10.2. The van der Waals surface area contributed by atoms with E-state index in [9.17, 15) is 14.9 Å². The number of hydrogen-bond acceptors (Lipinski definition) is 8. The summed E-state index contributed by atoms with van der Waals surface area (Å²) in [5.74, 6) is -0.676. The summed E-state index contributed by atoms with van der Waals surface area (Å²) in [6.45, 7) is 1.92. The van der Waals surface area contributed by atoms with E-state index in [1.165, 1.54) is 11.5 Å². The molecule has 2 heterocycles. The van der Waals surface area contributed by atoms with E-state index in [2.05, 4.69) is 14.3 Å². The molecule has 0 amide bonds. The predicted molar refractivity (Wildman–Crippen MR) is 71.3 cm³/mol. The van der Waals surface area contributed by atoms with Crippen LogP contribution >= 0.6 is 23.3 Å². The largest absolute Gasteiger partial charge is 0.477 e. The molecule has 0 aromatic carbocycles. The Hall–Kier alpha value is -2.07. The highest BCUT2D eigenvalue weighted by atomic mass is 32.2. The van der Waals surface area contributed by atoms with E-state index >= 15 is 0 Å². The molecule has 2 aromatic heterocycles. The minimum absolute atomic E-state index is 0.326. The number of nitro groups is 1. The van der Waals surface area contributed by atoms with Crippen molar-refractivity contribution in [3.63, 3.8) is 0 Å². The molecule has 104 valence electrons. The smallest absolute Gasteiger partial charge is 0.342 e. The van der Waals surface area contributed by atoms with Gasteiger partial charge in [0.2, 0.25) is 0 Å². The number of pyridine rings is 1. The second-order valence-electron chi connectivity index (χ2n) is 3.53. The second kappa shape index (κ2) is 5.92. The average Bonchev–Trinajstić information content (AvgIpc) is 2.86. The molecule has 2 rings (SSSR count). The second-order valence-corrected chi connectivity index (χ2v) is 5.55. The van der Waals surface area contributed by atoms with Crippen LogP contribution in [0.25, 0.3) is 0 Å². The number of carboxylic acids is 1. The molecule has 2 aromatic rings. The Labute approximate surface area is 121 Å². The fourth-order valence-electron chi connectivity index (χ4n) is 1.31. The van der Waals surface area contributed by atoms with Crippen LogP contribution in [0, 0.1) is 10.1 Å². The van der Waals surface area contributed by atoms with Crippen LogP contribution in [0.2, 0.25) is 0 Å². The van der Waals surface area contributed by atoms with Gasteiger partial charge in [-0.3, -0.25) is 10.1 Å². The lowest BCUT2D eigenvalue weighted by molar-refractivity contribution is -0.385. The van der Waals surface area contributed by atoms with Crippen molar-refractivity contribution in [2.45, 2.75) is 22.7 Å². The van der Waals surface area contributed by atoms with Crippen molar-refractivity contribution in [3.8, 4) is 0 Å². The summed E-state index contributed by atoms with van der Waals surface area (Å²) in [6.07, 6.45) is 1.64. The van der Waals surface area contributed by atoms with Gasteiger partial charge in [0.15, 0.2) is 4.34 Å². The quantitative estimate of drug-likeness (QED) is 0.659. The van der Waals surface area contributed by atoms with Gasteiger partial charge in [-0.2, -0.15) is 4.37 Å². The van der Waals surface area contributed by atoms with E-state index in [0.29, 0.717) is 21.6 Å². The first-order chi connectivity index (χ1) is 9.51. The number of carbonyl (C=O) groups is 1. The zero-order chi connectivity index (χ0) is 14.7. The SMILES string of the molecule is CCc1nsc(Sc2cc(C(=O)O)c([N+](=O)[O-])cn2)n1. The summed E-state index contributed by atoms with van der Waals surface area (Å²) in [5.41, 5.74) is -0.930. The van der Waals surface area contributed by atoms with E-state index < -0.39 is 22.1 Å². The van der Waals surface area contributed by atoms with Crippen LogP contribution in [-0.4, -0.2) is 30.3 Å². The molecule has 0 atom stereocenters. The van der Waals surface area contributed by atoms with Crippen LogP contribution in [0.4, 0.5) is 5.69 Å². The number of aromatic carboxylic acids is 1. The van der Waals surface area contributed by atoms with Crippen molar-refractivity contribution >= 4 is 35.0 Å². The Morgan fingerprint density at radius 2 is 2.35 bits per heavy atom. The van der Waals surface area contributed by atoms with Gasteiger partial charge in [0.05, 0.1) is 4.92 Å². The van der Waals surface area contributed by atoms with E-state index in [-0.39, 0.29) is 0 Å². The van der Waals surface area contributed by atoms with Crippen molar-refractivity contribution in [1.82, 2.24) is 14.3 Å². The molecular weight excluding hydrogens is 304 g/mol. The first-order valence-electron chi connectivity index (χ1n) is 5.39. The normalized spacial score (nSPS) is 10.4. The molecule has 0 aliphatic heterocycles. The van der Waals surface area contributed by atoms with Crippen LogP contribution in [0.1, 0.15) is 23.1 Å². The lowest BCUT2D eigenvalue weighted by Crippen LogP contribution is -2.03. The van der Waals surface area contributed by atoms with Gasteiger partial charge in [-0.1, -0.05) is 6.92 Å². The maximum Gasteiger partial charge on any atom is 0.342 e. The minimum atomic E-state index is -1.37. The third kappa shape index (κ3) is 3.08. The average molecular weight is 312 g/mol. The van der Waals surface area contributed by atoms with Crippen molar-refractivity contribution in [2.24, 2.45) is 0 Å². The fourth-order valence-corrected chi connectivity index (χ4v) is 2.94. The third-order valence-electron chi connectivity index (χ3n) is 2.24. The number of aromatic nitrogens is 3. The summed E-state index contributed by atoms with van der Waals surface area (Å²) in [6, 6.07) is 1.16. The molecular formula is C10H8N4O4S2. The van der Waals surface area contributed by atoms with E-state index in [1.807, 2.05) is 6.92 Å². The van der Waals surface area contributed by atoms with E-state index in [1.54, 1.807) is 0 Å². The third-order valence-corrected chi connectivity index (χ3v) is 3.96. The van der Waals surface area contributed by atoms with Crippen molar-refractivity contribution in [2.75, 3.05) is 0 Å². The highest BCUT2D eigenvalue weighted by molar-refractivity contribution is 8.00. The molecule has 0 fully saturated rings.